The lowest BCUT2D eigenvalue weighted by Gasteiger charge is -2.28. The summed E-state index contributed by atoms with van der Waals surface area (Å²) in [4.78, 5) is 16.3. The molecule has 3 heterocycles. The van der Waals surface area contributed by atoms with Gasteiger partial charge in [0, 0.05) is 35.7 Å². The highest BCUT2D eigenvalue weighted by atomic mass is 35.5. The van der Waals surface area contributed by atoms with E-state index in [4.69, 9.17) is 22.1 Å². The van der Waals surface area contributed by atoms with Crippen LogP contribution in [0.2, 0.25) is 5.02 Å². The molecule has 1 atom stereocenters. The smallest absolute Gasteiger partial charge is 0.233 e. The molecule has 1 amide bonds. The third-order valence-corrected chi connectivity index (χ3v) is 6.68. The van der Waals surface area contributed by atoms with Gasteiger partial charge in [-0.3, -0.25) is 9.36 Å². The highest BCUT2D eigenvalue weighted by Crippen LogP contribution is 2.37. The van der Waals surface area contributed by atoms with Crippen molar-refractivity contribution in [3.05, 3.63) is 64.8 Å². The van der Waals surface area contributed by atoms with E-state index in [-0.39, 0.29) is 30.5 Å². The van der Waals surface area contributed by atoms with Crippen LogP contribution in [0.15, 0.2) is 42.6 Å². The van der Waals surface area contributed by atoms with Gasteiger partial charge in [0.2, 0.25) is 11.8 Å². The topological polar surface area (TPSA) is 108 Å². The Morgan fingerprint density at radius 3 is 2.76 bits per heavy atom. The molecule has 5 rings (SSSR count). The minimum atomic E-state index is -0.178. The Hall–Kier alpha value is -2.97. The number of amides is 1. The number of nitrogens with two attached hydrogens (primary N) is 1. The van der Waals surface area contributed by atoms with Gasteiger partial charge in [-0.15, -0.1) is 10.2 Å². The summed E-state index contributed by atoms with van der Waals surface area (Å²) in [5, 5.41) is 12.8. The lowest BCUT2D eigenvalue weighted by molar-refractivity contribution is -0.120. The summed E-state index contributed by atoms with van der Waals surface area (Å²) < 4.78 is 8.24. The summed E-state index contributed by atoms with van der Waals surface area (Å²) in [5.41, 5.74) is 7.62. The second kappa shape index (κ2) is 9.49. The zero-order valence-electron chi connectivity index (χ0n) is 18.3. The monoisotopic (exact) mass is 466 g/mol. The normalized spacial score (nSPS) is 22.1. The lowest BCUT2D eigenvalue weighted by Crippen LogP contribution is -2.41. The predicted molar refractivity (Wildman–Crippen MR) is 125 cm³/mol. The van der Waals surface area contributed by atoms with Crippen LogP contribution < -0.4 is 15.8 Å². The van der Waals surface area contributed by atoms with Gasteiger partial charge in [0.1, 0.15) is 17.8 Å². The summed E-state index contributed by atoms with van der Waals surface area (Å²) >= 11 is 6.32. The summed E-state index contributed by atoms with van der Waals surface area (Å²) in [6, 6.07) is 11.5. The number of hydrogen-bond donors (Lipinski definition) is 2. The molecule has 8 nitrogen and oxygen atoms in total. The van der Waals surface area contributed by atoms with Crippen LogP contribution in [0.1, 0.15) is 48.8 Å². The van der Waals surface area contributed by atoms with Gasteiger partial charge in [-0.25, -0.2) is 4.98 Å². The van der Waals surface area contributed by atoms with Crippen LogP contribution in [0.5, 0.6) is 5.88 Å². The van der Waals surface area contributed by atoms with Crippen LogP contribution in [0, 0.1) is 0 Å². The van der Waals surface area contributed by atoms with Crippen molar-refractivity contribution in [2.24, 2.45) is 5.73 Å². The first kappa shape index (κ1) is 21.9. The average molecular weight is 467 g/mol. The van der Waals surface area contributed by atoms with E-state index in [1.165, 1.54) is 0 Å². The lowest BCUT2D eigenvalue weighted by atomic mass is 9.86. The number of ether oxygens (including phenoxy) is 1. The zero-order chi connectivity index (χ0) is 22.8. The third kappa shape index (κ3) is 4.72. The van der Waals surface area contributed by atoms with Gasteiger partial charge < -0.3 is 15.8 Å². The number of rotatable bonds is 5. The van der Waals surface area contributed by atoms with Crippen molar-refractivity contribution in [1.29, 1.82) is 0 Å². The van der Waals surface area contributed by atoms with E-state index in [9.17, 15) is 4.79 Å². The van der Waals surface area contributed by atoms with Crippen molar-refractivity contribution in [3.63, 3.8) is 0 Å². The molecule has 33 heavy (non-hydrogen) atoms. The largest absolute Gasteiger partial charge is 0.474 e. The number of pyridine rings is 1. The molecule has 1 aliphatic heterocycles. The Morgan fingerprint density at radius 1 is 1.15 bits per heavy atom. The van der Waals surface area contributed by atoms with Crippen molar-refractivity contribution >= 4 is 17.5 Å². The van der Waals surface area contributed by atoms with Crippen molar-refractivity contribution in [1.82, 2.24) is 25.1 Å². The molecule has 9 heteroatoms. The number of carbonyl (C=O) groups is 1. The average Bonchev–Trinajstić information content (AvgIpc) is 3.17. The zero-order valence-corrected chi connectivity index (χ0v) is 19.0. The fourth-order valence-electron chi connectivity index (χ4n) is 4.90. The first-order valence-corrected chi connectivity index (χ1v) is 11.8. The molecule has 0 saturated heterocycles. The summed E-state index contributed by atoms with van der Waals surface area (Å²) in [6.07, 6.45) is 6.96. The van der Waals surface area contributed by atoms with E-state index in [1.54, 1.807) is 6.20 Å². The minimum Gasteiger partial charge on any atom is -0.474 e. The molecule has 3 aromatic rings. The van der Waals surface area contributed by atoms with E-state index in [0.29, 0.717) is 23.7 Å². The number of nitrogens with one attached hydrogen (secondary N) is 1. The maximum Gasteiger partial charge on any atom is 0.233 e. The highest BCUT2D eigenvalue weighted by molar-refractivity contribution is 6.30. The number of halogens is 1. The van der Waals surface area contributed by atoms with Crippen LogP contribution in [0.25, 0.3) is 5.69 Å². The van der Waals surface area contributed by atoms with Crippen LogP contribution >= 0.6 is 11.6 Å². The van der Waals surface area contributed by atoms with Crippen molar-refractivity contribution in [2.45, 2.75) is 56.6 Å². The van der Waals surface area contributed by atoms with Gasteiger partial charge >= 0.3 is 0 Å². The summed E-state index contributed by atoms with van der Waals surface area (Å²) in [5.74, 6) is 2.60. The number of aromatic nitrogens is 4. The Bertz CT molecular complexity index is 1130. The van der Waals surface area contributed by atoms with Crippen LogP contribution in [0.3, 0.4) is 0 Å². The fourth-order valence-corrected chi connectivity index (χ4v) is 5.09. The van der Waals surface area contributed by atoms with Gasteiger partial charge in [0.15, 0.2) is 0 Å². The van der Waals surface area contributed by atoms with Gasteiger partial charge in [0.25, 0.3) is 0 Å². The van der Waals surface area contributed by atoms with Crippen LogP contribution in [-0.4, -0.2) is 44.3 Å². The standard InChI is InChI=1S/C24H27ClN6O2/c25-17-6-9-20-16(11-17)12-18(28-22(32)14-26)13-21-29-30-24(31(20)21)15-4-7-19(8-5-15)33-23-3-1-2-10-27-23/h1-3,6,9-11,15,18-19H,4-5,7-8,12-14,26H2,(H,28,32)/t15-,18-,19-/m0/s1. The molecular formula is C24H27ClN6O2. The number of nitrogens with zero attached hydrogens (tertiary/aromatic N) is 4. The Kier molecular flexibility index (Phi) is 6.28. The SMILES string of the molecule is NCC(=O)N[C@H]1Cc2cc(Cl)ccc2-n2c(nnc2[C@H]2CC[C@H](Oc3ccccn3)CC2)C1. The number of hydrogen-bond acceptors (Lipinski definition) is 6. The molecule has 172 valence electrons. The van der Waals surface area contributed by atoms with Gasteiger partial charge in [-0.2, -0.15) is 0 Å². The minimum absolute atomic E-state index is 0.0410. The molecule has 3 N–H and O–H groups in total. The molecule has 0 radical (unpaired) electrons. The molecule has 1 saturated carbocycles. The molecule has 0 unspecified atom stereocenters. The van der Waals surface area contributed by atoms with Crippen LogP contribution in [-0.2, 0) is 17.6 Å². The Morgan fingerprint density at radius 2 is 2.00 bits per heavy atom. The van der Waals surface area contributed by atoms with Gasteiger partial charge in [0.05, 0.1) is 12.2 Å². The van der Waals surface area contributed by atoms with Gasteiger partial charge in [-0.1, -0.05) is 17.7 Å². The maximum absolute atomic E-state index is 12.0. The third-order valence-electron chi connectivity index (χ3n) is 6.45. The predicted octanol–water partition coefficient (Wildman–Crippen LogP) is 2.96. The van der Waals surface area contributed by atoms with E-state index in [2.05, 4.69) is 25.1 Å². The fraction of sp³-hybridized carbons (Fsp3) is 0.417. The molecule has 1 aromatic carbocycles. The number of fused-ring (bicyclic) bond motifs is 3. The number of benzene rings is 1. The highest BCUT2D eigenvalue weighted by Gasteiger charge is 2.32. The first-order chi connectivity index (χ1) is 16.1. The molecule has 1 aliphatic carbocycles. The molecule has 2 aromatic heterocycles. The number of carbonyl (C=O) groups excluding carboxylic acids is 1. The molecular weight excluding hydrogens is 440 g/mol. The van der Waals surface area contributed by atoms with Crippen molar-refractivity contribution in [3.8, 4) is 11.6 Å². The second-order valence-corrected chi connectivity index (χ2v) is 9.16. The van der Waals surface area contributed by atoms with E-state index < -0.39 is 0 Å². The summed E-state index contributed by atoms with van der Waals surface area (Å²) in [7, 11) is 0. The Balaban J connectivity index is 1.39. The van der Waals surface area contributed by atoms with Crippen molar-refractivity contribution in [2.75, 3.05) is 6.54 Å². The quantitative estimate of drug-likeness (QED) is 0.598. The molecule has 0 spiro atoms. The van der Waals surface area contributed by atoms with Crippen LogP contribution in [0.4, 0.5) is 0 Å². The Labute approximate surface area is 197 Å². The molecule has 2 aliphatic rings. The van der Waals surface area contributed by atoms with Crippen molar-refractivity contribution < 1.29 is 9.53 Å². The maximum atomic E-state index is 12.0. The summed E-state index contributed by atoms with van der Waals surface area (Å²) in [6.45, 7) is -0.0410. The van der Waals surface area contributed by atoms with Gasteiger partial charge in [-0.05, 0) is 61.9 Å². The molecule has 1 fully saturated rings. The first-order valence-electron chi connectivity index (χ1n) is 11.4. The van der Waals surface area contributed by atoms with E-state index in [1.807, 2.05) is 36.4 Å². The van der Waals surface area contributed by atoms with E-state index in [0.717, 1.165) is 48.6 Å². The second-order valence-electron chi connectivity index (χ2n) is 8.72. The molecule has 0 bridgehead atoms. The van der Waals surface area contributed by atoms with E-state index >= 15 is 0 Å².